The highest BCUT2D eigenvalue weighted by Crippen LogP contribution is 2.53. The zero-order valence-corrected chi connectivity index (χ0v) is 23.6. The molecule has 1 unspecified atom stereocenters. The summed E-state index contributed by atoms with van der Waals surface area (Å²) >= 11 is 0. The summed E-state index contributed by atoms with van der Waals surface area (Å²) in [5.74, 6) is -0.800. The number of ether oxygens (including phenoxy) is 1. The van der Waals surface area contributed by atoms with Gasteiger partial charge in [0.2, 0.25) is 5.88 Å². The Morgan fingerprint density at radius 2 is 1.88 bits per heavy atom. The van der Waals surface area contributed by atoms with Crippen molar-refractivity contribution in [2.75, 3.05) is 32.8 Å². The summed E-state index contributed by atoms with van der Waals surface area (Å²) in [6.07, 6.45) is -2.20. The maximum Gasteiger partial charge on any atom is 0.395 e. The molecule has 0 bridgehead atoms. The molecule has 3 heterocycles. The van der Waals surface area contributed by atoms with E-state index in [1.54, 1.807) is 31.3 Å². The van der Waals surface area contributed by atoms with Crippen molar-refractivity contribution in [3.8, 4) is 17.0 Å². The van der Waals surface area contributed by atoms with Gasteiger partial charge in [-0.05, 0) is 75.4 Å². The molecule has 1 saturated carbocycles. The number of carbonyl (C=O) groups excluding carboxylic acids is 1. The number of aliphatic hydroxyl groups excluding tert-OH is 2. The van der Waals surface area contributed by atoms with E-state index in [4.69, 9.17) is 10.5 Å². The van der Waals surface area contributed by atoms with Gasteiger partial charge in [0.25, 0.3) is 5.91 Å². The van der Waals surface area contributed by atoms with Gasteiger partial charge in [-0.2, -0.15) is 13.2 Å². The largest absolute Gasteiger partial charge is 0.477 e. The number of halogens is 4. The Balaban J connectivity index is 1.14. The Labute approximate surface area is 242 Å². The summed E-state index contributed by atoms with van der Waals surface area (Å²) in [6, 6.07) is 7.59. The van der Waals surface area contributed by atoms with Crippen molar-refractivity contribution in [3.05, 3.63) is 47.9 Å². The number of rotatable bonds is 8. The Bertz CT molecular complexity index is 1260. The Morgan fingerprint density at radius 3 is 2.43 bits per heavy atom. The topological polar surface area (TPSA) is 112 Å². The molecule has 1 aromatic heterocycles. The third-order valence-corrected chi connectivity index (χ3v) is 9.42. The van der Waals surface area contributed by atoms with Gasteiger partial charge in [-0.25, -0.2) is 9.37 Å². The van der Waals surface area contributed by atoms with Gasteiger partial charge in [-0.1, -0.05) is 12.5 Å². The van der Waals surface area contributed by atoms with Crippen LogP contribution in [0.4, 0.5) is 17.6 Å². The Kier molecular flexibility index (Phi) is 8.54. The van der Waals surface area contributed by atoms with Crippen LogP contribution < -0.4 is 10.5 Å². The van der Waals surface area contributed by atoms with E-state index in [1.807, 2.05) is 4.90 Å². The first-order valence-electron chi connectivity index (χ1n) is 14.4. The van der Waals surface area contributed by atoms with E-state index in [-0.39, 0.29) is 43.8 Å². The quantitative estimate of drug-likeness (QED) is 0.314. The molecule has 3 aliphatic rings. The number of aromatic nitrogens is 1. The van der Waals surface area contributed by atoms with Crippen LogP contribution in [0, 0.1) is 17.2 Å². The van der Waals surface area contributed by atoms with Gasteiger partial charge in [0.1, 0.15) is 12.0 Å². The van der Waals surface area contributed by atoms with Crippen LogP contribution in [0.3, 0.4) is 0 Å². The van der Waals surface area contributed by atoms with Crippen LogP contribution in [0.15, 0.2) is 36.5 Å². The third-order valence-electron chi connectivity index (χ3n) is 9.42. The summed E-state index contributed by atoms with van der Waals surface area (Å²) in [5, 5.41) is 20.1. The van der Waals surface area contributed by atoms with E-state index in [1.165, 1.54) is 17.0 Å². The van der Waals surface area contributed by atoms with E-state index < -0.39 is 41.2 Å². The lowest BCUT2D eigenvalue weighted by Gasteiger charge is -2.47. The second-order valence-electron chi connectivity index (χ2n) is 12.3. The smallest absolute Gasteiger partial charge is 0.395 e. The average molecular weight is 595 g/mol. The van der Waals surface area contributed by atoms with Crippen LogP contribution in [0.5, 0.6) is 5.88 Å². The number of aliphatic hydroxyl groups is 2. The van der Waals surface area contributed by atoms with E-state index in [0.29, 0.717) is 43.1 Å². The normalized spacial score (nSPS) is 25.7. The number of hydrogen-bond donors (Lipinski definition) is 3. The van der Waals surface area contributed by atoms with Crippen LogP contribution in [-0.2, 0) is 0 Å². The summed E-state index contributed by atoms with van der Waals surface area (Å²) in [6.45, 7) is 3.23. The SMILES string of the molecule is C[C@@]1(C(N)O)C[C@@H](O)CN1C(=O)c1ccc(-c2ccc(OCC3CCN(CC4(C(F)(F)F)CCC4)CC3)nc2)cc1F. The fourth-order valence-corrected chi connectivity index (χ4v) is 6.39. The number of alkyl halides is 3. The number of pyridine rings is 1. The summed E-state index contributed by atoms with van der Waals surface area (Å²) in [4.78, 5) is 20.6. The average Bonchev–Trinajstić information content (AvgIpc) is 3.24. The number of amides is 1. The molecule has 8 nitrogen and oxygen atoms in total. The maximum absolute atomic E-state index is 15.1. The molecule has 4 N–H and O–H groups in total. The van der Waals surface area contributed by atoms with E-state index >= 15 is 4.39 Å². The minimum absolute atomic E-state index is 0.0615. The fourth-order valence-electron chi connectivity index (χ4n) is 6.39. The highest BCUT2D eigenvalue weighted by molar-refractivity contribution is 5.96. The molecule has 1 amide bonds. The number of carbonyl (C=O) groups is 1. The Hall–Kier alpha value is -2.80. The van der Waals surface area contributed by atoms with E-state index in [9.17, 15) is 28.2 Å². The maximum atomic E-state index is 15.1. The molecule has 2 saturated heterocycles. The molecule has 0 radical (unpaired) electrons. The lowest BCUT2D eigenvalue weighted by molar-refractivity contribution is -0.256. The number of likely N-dealkylation sites (tertiary alicyclic amines) is 2. The van der Waals surface area contributed by atoms with Gasteiger partial charge in [0.05, 0.1) is 29.2 Å². The third kappa shape index (κ3) is 5.99. The molecule has 2 aromatic rings. The first-order valence-corrected chi connectivity index (χ1v) is 14.4. The fraction of sp³-hybridized carbons (Fsp3) is 0.600. The standard InChI is InChI=1S/C30H38F4N4O4/c1-28(27(35)41)14-22(39)16-38(28)26(40)23-5-3-20(13-24(23)31)21-4-6-25(36-15-21)42-17-19-7-11-37(12-8-19)18-29(9-2-10-29)30(32,33)34/h3-6,13,15,19,22,27,39,41H,2,7-12,14,16-18,35H2,1H3/t22-,27?,28+/m1/s1. The molecule has 5 rings (SSSR count). The predicted octanol–water partition coefficient (Wildman–Crippen LogP) is 3.95. The predicted molar refractivity (Wildman–Crippen MR) is 147 cm³/mol. The van der Waals surface area contributed by atoms with Gasteiger partial charge < -0.3 is 30.5 Å². The highest BCUT2D eigenvalue weighted by Gasteiger charge is 2.58. The van der Waals surface area contributed by atoms with E-state index in [2.05, 4.69) is 4.98 Å². The molecule has 230 valence electrons. The summed E-state index contributed by atoms with van der Waals surface area (Å²) < 4.78 is 61.5. The van der Waals surface area contributed by atoms with Crippen LogP contribution >= 0.6 is 0 Å². The highest BCUT2D eigenvalue weighted by atomic mass is 19.4. The monoisotopic (exact) mass is 594 g/mol. The zero-order chi connectivity index (χ0) is 30.3. The summed E-state index contributed by atoms with van der Waals surface area (Å²) in [5.41, 5.74) is 3.83. The molecule has 1 aliphatic carbocycles. The van der Waals surface area contributed by atoms with Crippen molar-refractivity contribution in [1.82, 2.24) is 14.8 Å². The van der Waals surface area contributed by atoms with Crippen molar-refractivity contribution < 1.29 is 37.3 Å². The van der Waals surface area contributed by atoms with Gasteiger partial charge in [-0.3, -0.25) is 4.79 Å². The number of benzene rings is 1. The number of nitrogens with zero attached hydrogens (tertiary/aromatic N) is 3. The molecule has 0 spiro atoms. The van der Waals surface area contributed by atoms with Gasteiger partial charge in [-0.15, -0.1) is 0 Å². The van der Waals surface area contributed by atoms with Crippen LogP contribution in [-0.4, -0.2) is 87.7 Å². The molecule has 2 aliphatic heterocycles. The zero-order valence-electron chi connectivity index (χ0n) is 23.6. The van der Waals surface area contributed by atoms with Gasteiger partial charge in [0, 0.05) is 37.3 Å². The molecule has 12 heteroatoms. The van der Waals surface area contributed by atoms with Crippen LogP contribution in [0.1, 0.15) is 55.8 Å². The van der Waals surface area contributed by atoms with Crippen molar-refractivity contribution in [2.45, 2.75) is 69.5 Å². The Morgan fingerprint density at radius 1 is 1.19 bits per heavy atom. The lowest BCUT2D eigenvalue weighted by Crippen LogP contribution is -2.56. The molecule has 3 atom stereocenters. The molecular formula is C30H38F4N4O4. The first-order chi connectivity index (χ1) is 19.8. The molecule has 3 fully saturated rings. The van der Waals surface area contributed by atoms with Crippen molar-refractivity contribution >= 4 is 5.91 Å². The van der Waals surface area contributed by atoms with Crippen molar-refractivity contribution in [3.63, 3.8) is 0 Å². The second-order valence-corrected chi connectivity index (χ2v) is 12.3. The number of hydrogen-bond acceptors (Lipinski definition) is 7. The van der Waals surface area contributed by atoms with Crippen LogP contribution in [0.2, 0.25) is 0 Å². The number of β-amino-alcohol motifs (C(OH)–C–C–N with tert-alkyl or cyclic N) is 1. The molecule has 42 heavy (non-hydrogen) atoms. The number of nitrogens with two attached hydrogens (primary N) is 1. The van der Waals surface area contributed by atoms with E-state index in [0.717, 1.165) is 12.8 Å². The van der Waals surface area contributed by atoms with Gasteiger partial charge in [0.15, 0.2) is 0 Å². The minimum Gasteiger partial charge on any atom is -0.477 e. The first kappa shape index (κ1) is 30.7. The lowest BCUT2D eigenvalue weighted by atomic mass is 9.67. The van der Waals surface area contributed by atoms with Crippen molar-refractivity contribution in [1.29, 1.82) is 0 Å². The summed E-state index contributed by atoms with van der Waals surface area (Å²) in [7, 11) is 0. The van der Waals surface area contributed by atoms with Crippen LogP contribution in [0.25, 0.3) is 11.1 Å². The second kappa shape index (κ2) is 11.7. The molecule has 1 aromatic carbocycles. The number of piperidine rings is 1. The van der Waals surface area contributed by atoms with Gasteiger partial charge >= 0.3 is 6.18 Å². The molecular weight excluding hydrogens is 556 g/mol. The van der Waals surface area contributed by atoms with Crippen molar-refractivity contribution in [2.24, 2.45) is 17.1 Å². The minimum atomic E-state index is -4.15.